The van der Waals surface area contributed by atoms with Gasteiger partial charge in [-0.15, -0.1) is 36.2 Å². The SMILES string of the molecule is CCc1nc(C)c(C(C)N(C)C(=O)CCC2CCNC2)s1.Cl.Cl. The van der Waals surface area contributed by atoms with E-state index in [-0.39, 0.29) is 36.8 Å². The van der Waals surface area contributed by atoms with Crippen LogP contribution in [0.2, 0.25) is 0 Å². The van der Waals surface area contributed by atoms with Gasteiger partial charge in [0.15, 0.2) is 0 Å². The van der Waals surface area contributed by atoms with Crippen LogP contribution in [0.5, 0.6) is 0 Å². The molecule has 0 saturated carbocycles. The minimum atomic E-state index is 0. The molecule has 4 nitrogen and oxygen atoms in total. The molecule has 0 spiro atoms. The molecule has 134 valence electrons. The summed E-state index contributed by atoms with van der Waals surface area (Å²) in [5.41, 5.74) is 1.07. The van der Waals surface area contributed by atoms with Crippen molar-refractivity contribution in [1.82, 2.24) is 15.2 Å². The van der Waals surface area contributed by atoms with E-state index in [4.69, 9.17) is 0 Å². The van der Waals surface area contributed by atoms with E-state index in [0.717, 1.165) is 36.6 Å². The molecule has 1 amide bonds. The second-order valence-corrected chi connectivity index (χ2v) is 7.10. The summed E-state index contributed by atoms with van der Waals surface area (Å²) in [7, 11) is 1.92. The fourth-order valence-electron chi connectivity index (χ4n) is 2.86. The lowest BCUT2D eigenvalue weighted by Crippen LogP contribution is -2.29. The van der Waals surface area contributed by atoms with Crippen LogP contribution in [0.1, 0.15) is 54.7 Å². The first-order valence-corrected chi connectivity index (χ1v) is 8.77. The Morgan fingerprint density at radius 3 is 2.70 bits per heavy atom. The third-order valence-corrected chi connectivity index (χ3v) is 5.93. The zero-order chi connectivity index (χ0) is 15.4. The maximum absolute atomic E-state index is 12.4. The van der Waals surface area contributed by atoms with Gasteiger partial charge in [0.05, 0.1) is 16.7 Å². The topological polar surface area (TPSA) is 45.2 Å². The first-order chi connectivity index (χ1) is 10.0. The molecule has 1 N–H and O–H groups in total. The standard InChI is InChI=1S/C16H27N3OS.2ClH/c1-5-14-18-11(2)16(21-14)12(3)19(4)15(20)7-6-13-8-9-17-10-13;;/h12-13,17H,5-10H2,1-4H3;2*1H. The van der Waals surface area contributed by atoms with E-state index in [9.17, 15) is 4.79 Å². The molecule has 23 heavy (non-hydrogen) atoms. The Hall–Kier alpha value is -0.360. The largest absolute Gasteiger partial charge is 0.338 e. The Kier molecular flexibility index (Phi) is 10.3. The first kappa shape index (κ1) is 22.6. The number of nitrogens with one attached hydrogen (secondary N) is 1. The van der Waals surface area contributed by atoms with Crippen LogP contribution in [0, 0.1) is 12.8 Å². The van der Waals surface area contributed by atoms with Crippen LogP contribution in [0.4, 0.5) is 0 Å². The number of nitrogens with zero attached hydrogens (tertiary/aromatic N) is 2. The molecule has 2 unspecified atom stereocenters. The smallest absolute Gasteiger partial charge is 0.222 e. The van der Waals surface area contributed by atoms with Crippen molar-refractivity contribution in [2.45, 2.75) is 52.5 Å². The van der Waals surface area contributed by atoms with Crippen molar-refractivity contribution in [2.75, 3.05) is 20.1 Å². The van der Waals surface area contributed by atoms with Crippen molar-refractivity contribution in [3.8, 4) is 0 Å². The summed E-state index contributed by atoms with van der Waals surface area (Å²) in [6.45, 7) is 8.45. The second kappa shape index (κ2) is 10.5. The Morgan fingerprint density at radius 1 is 1.48 bits per heavy atom. The van der Waals surface area contributed by atoms with E-state index in [1.165, 1.54) is 11.3 Å². The van der Waals surface area contributed by atoms with Crippen LogP contribution < -0.4 is 5.32 Å². The molecule has 0 bridgehead atoms. The molecule has 7 heteroatoms. The van der Waals surface area contributed by atoms with Gasteiger partial charge in [-0.1, -0.05) is 6.92 Å². The number of halogens is 2. The van der Waals surface area contributed by atoms with Gasteiger partial charge in [-0.25, -0.2) is 4.98 Å². The Bertz CT molecular complexity index is 490. The van der Waals surface area contributed by atoms with Crippen LogP contribution in [-0.4, -0.2) is 35.9 Å². The summed E-state index contributed by atoms with van der Waals surface area (Å²) in [6, 6.07) is 0.122. The summed E-state index contributed by atoms with van der Waals surface area (Å²) >= 11 is 1.74. The number of carbonyl (C=O) groups excluding carboxylic acids is 1. The lowest BCUT2D eigenvalue weighted by molar-refractivity contribution is -0.132. The Balaban J connectivity index is 0.00000242. The number of aromatic nitrogens is 1. The first-order valence-electron chi connectivity index (χ1n) is 7.95. The second-order valence-electron chi connectivity index (χ2n) is 5.99. The van der Waals surface area contributed by atoms with Gasteiger partial charge in [0.1, 0.15) is 0 Å². The number of carbonyl (C=O) groups is 1. The third-order valence-electron chi connectivity index (χ3n) is 4.46. The molecular formula is C16H29Cl2N3OS. The molecule has 1 aliphatic rings. The third kappa shape index (κ3) is 5.89. The quantitative estimate of drug-likeness (QED) is 0.815. The average molecular weight is 382 g/mol. The van der Waals surface area contributed by atoms with E-state index in [0.29, 0.717) is 12.3 Å². The van der Waals surface area contributed by atoms with E-state index < -0.39 is 0 Å². The Labute approximate surface area is 156 Å². The van der Waals surface area contributed by atoms with Crippen molar-refractivity contribution in [1.29, 1.82) is 0 Å². The van der Waals surface area contributed by atoms with E-state index in [1.807, 2.05) is 18.9 Å². The normalized spacial score (nSPS) is 18.0. The number of thiazole rings is 1. The Morgan fingerprint density at radius 2 is 2.17 bits per heavy atom. The molecule has 0 aromatic carbocycles. The van der Waals surface area contributed by atoms with Gasteiger partial charge in [0.25, 0.3) is 0 Å². The molecule has 2 rings (SSSR count). The predicted octanol–water partition coefficient (Wildman–Crippen LogP) is 3.77. The average Bonchev–Trinajstić information content (AvgIpc) is 3.12. The van der Waals surface area contributed by atoms with Gasteiger partial charge >= 0.3 is 0 Å². The number of hydrogen-bond donors (Lipinski definition) is 1. The minimum absolute atomic E-state index is 0. The summed E-state index contributed by atoms with van der Waals surface area (Å²) in [6.07, 6.45) is 3.83. The molecule has 0 aliphatic carbocycles. The fourth-order valence-corrected chi connectivity index (χ4v) is 3.96. The van der Waals surface area contributed by atoms with E-state index >= 15 is 0 Å². The molecule has 1 fully saturated rings. The van der Waals surface area contributed by atoms with E-state index in [2.05, 4.69) is 24.1 Å². The monoisotopic (exact) mass is 381 g/mol. The maximum Gasteiger partial charge on any atom is 0.222 e. The van der Waals surface area contributed by atoms with Crippen molar-refractivity contribution in [3.05, 3.63) is 15.6 Å². The van der Waals surface area contributed by atoms with Gasteiger partial charge in [-0.2, -0.15) is 0 Å². The maximum atomic E-state index is 12.4. The molecule has 1 aromatic heterocycles. The molecule has 2 atom stereocenters. The van der Waals surface area contributed by atoms with Gasteiger partial charge in [0, 0.05) is 18.3 Å². The van der Waals surface area contributed by atoms with Crippen molar-refractivity contribution >= 4 is 42.1 Å². The lowest BCUT2D eigenvalue weighted by atomic mass is 10.0. The number of rotatable bonds is 6. The molecule has 1 saturated heterocycles. The summed E-state index contributed by atoms with van der Waals surface area (Å²) < 4.78 is 0. The summed E-state index contributed by atoms with van der Waals surface area (Å²) in [5, 5.41) is 4.52. The molecule has 2 heterocycles. The van der Waals surface area contributed by atoms with Crippen molar-refractivity contribution in [2.24, 2.45) is 5.92 Å². The fraction of sp³-hybridized carbons (Fsp3) is 0.750. The number of amides is 1. The van der Waals surface area contributed by atoms with Gasteiger partial charge in [-0.05, 0) is 52.1 Å². The van der Waals surface area contributed by atoms with Gasteiger partial charge in [0.2, 0.25) is 5.91 Å². The van der Waals surface area contributed by atoms with Crippen molar-refractivity contribution < 1.29 is 4.79 Å². The number of hydrogen-bond acceptors (Lipinski definition) is 4. The molecule has 1 aliphatic heterocycles. The molecule has 0 radical (unpaired) electrons. The molecule has 1 aromatic rings. The minimum Gasteiger partial charge on any atom is -0.338 e. The highest BCUT2D eigenvalue weighted by molar-refractivity contribution is 7.11. The summed E-state index contributed by atoms with van der Waals surface area (Å²) in [5.74, 6) is 0.926. The van der Waals surface area contributed by atoms with Crippen LogP contribution in [0.15, 0.2) is 0 Å². The highest BCUT2D eigenvalue weighted by Gasteiger charge is 2.23. The molecular weight excluding hydrogens is 353 g/mol. The summed E-state index contributed by atoms with van der Waals surface area (Å²) in [4.78, 5) is 20.1. The predicted molar refractivity (Wildman–Crippen MR) is 102 cm³/mol. The number of aryl methyl sites for hydroxylation is 2. The van der Waals surface area contributed by atoms with Gasteiger partial charge in [-0.3, -0.25) is 4.79 Å². The van der Waals surface area contributed by atoms with Crippen molar-refractivity contribution in [3.63, 3.8) is 0 Å². The van der Waals surface area contributed by atoms with Crippen LogP contribution >= 0.6 is 36.2 Å². The van der Waals surface area contributed by atoms with Crippen LogP contribution in [0.25, 0.3) is 0 Å². The van der Waals surface area contributed by atoms with Crippen LogP contribution in [-0.2, 0) is 11.2 Å². The zero-order valence-electron chi connectivity index (χ0n) is 14.4. The highest BCUT2D eigenvalue weighted by atomic mass is 35.5. The highest BCUT2D eigenvalue weighted by Crippen LogP contribution is 2.29. The van der Waals surface area contributed by atoms with Crippen LogP contribution in [0.3, 0.4) is 0 Å². The lowest BCUT2D eigenvalue weighted by Gasteiger charge is -2.25. The van der Waals surface area contributed by atoms with Gasteiger partial charge < -0.3 is 10.2 Å². The zero-order valence-corrected chi connectivity index (χ0v) is 16.9. The van der Waals surface area contributed by atoms with E-state index in [1.54, 1.807) is 11.3 Å².